The van der Waals surface area contributed by atoms with Crippen molar-refractivity contribution in [2.45, 2.75) is 0 Å². The van der Waals surface area contributed by atoms with Gasteiger partial charge in [-0.05, 0) is 6.07 Å². The normalized spacial score (nSPS) is 8.82. The van der Waals surface area contributed by atoms with Gasteiger partial charge >= 0.3 is 5.97 Å². The van der Waals surface area contributed by atoms with Gasteiger partial charge in [0.1, 0.15) is 29.6 Å². The number of nitro benzene ring substituents is 1. The Hall–Kier alpha value is -3.42. The number of nitrogens with zero attached hydrogens (tertiary/aromatic N) is 4. The first-order valence-electron chi connectivity index (χ1n) is 5.28. The number of nitro groups is 1. The molecule has 0 saturated heterocycles. The highest BCUT2D eigenvalue weighted by Crippen LogP contribution is 2.33. The van der Waals surface area contributed by atoms with E-state index in [0.717, 1.165) is 12.1 Å². The van der Waals surface area contributed by atoms with Gasteiger partial charge in [0.05, 0.1) is 10.5 Å². The van der Waals surface area contributed by atoms with E-state index >= 15 is 0 Å². The number of aromatic carboxylic acids is 1. The number of anilines is 1. The van der Waals surface area contributed by atoms with Crippen LogP contribution in [0.5, 0.6) is 0 Å². The van der Waals surface area contributed by atoms with Crippen molar-refractivity contribution in [1.82, 2.24) is 0 Å². The summed E-state index contributed by atoms with van der Waals surface area (Å²) in [4.78, 5) is 21.4. The molecule has 1 aromatic carbocycles. The third-order valence-electron chi connectivity index (χ3n) is 2.34. The minimum Gasteiger partial charge on any atom is -0.478 e. The zero-order chi connectivity index (χ0) is 16.9. The van der Waals surface area contributed by atoms with Gasteiger partial charge in [0, 0.05) is 10.5 Å². The highest BCUT2D eigenvalue weighted by molar-refractivity contribution is 9.10. The molecule has 0 aromatic heterocycles. The predicted octanol–water partition coefficient (Wildman–Crippen LogP) is 2.29. The largest absolute Gasteiger partial charge is 0.478 e. The van der Waals surface area contributed by atoms with Crippen LogP contribution in [0, 0.1) is 44.1 Å². The number of nitriles is 3. The van der Waals surface area contributed by atoms with Crippen LogP contribution in [0.3, 0.4) is 0 Å². The fourth-order valence-electron chi connectivity index (χ4n) is 1.44. The van der Waals surface area contributed by atoms with E-state index in [-0.39, 0.29) is 4.47 Å². The molecule has 0 atom stereocenters. The van der Waals surface area contributed by atoms with Crippen molar-refractivity contribution < 1.29 is 14.8 Å². The van der Waals surface area contributed by atoms with Crippen LogP contribution in [0.4, 0.5) is 11.4 Å². The Balaban J connectivity index is 3.67. The number of halogens is 1. The maximum Gasteiger partial charge on any atom is 0.338 e. The highest BCUT2D eigenvalue weighted by Gasteiger charge is 2.24. The maximum atomic E-state index is 11.2. The number of hydrogen-bond donors (Lipinski definition) is 2. The molecule has 22 heavy (non-hydrogen) atoms. The van der Waals surface area contributed by atoms with E-state index < -0.39 is 39.1 Å². The molecule has 0 saturated carbocycles. The average Bonchev–Trinajstić information content (AvgIpc) is 2.47. The minimum atomic E-state index is -1.49. The molecular weight excluding hydrogens is 358 g/mol. The van der Waals surface area contributed by atoms with Crippen molar-refractivity contribution in [3.8, 4) is 18.2 Å². The topological polar surface area (TPSA) is 164 Å². The highest BCUT2D eigenvalue weighted by atomic mass is 79.9. The van der Waals surface area contributed by atoms with Gasteiger partial charge in [0.15, 0.2) is 5.57 Å². The van der Waals surface area contributed by atoms with Crippen molar-refractivity contribution in [2.24, 2.45) is 0 Å². The molecule has 10 heteroatoms. The number of rotatable bonds is 4. The third kappa shape index (κ3) is 3.37. The van der Waals surface area contributed by atoms with Crippen molar-refractivity contribution in [1.29, 1.82) is 15.8 Å². The number of allylic oxidation sites excluding steroid dienone is 2. The van der Waals surface area contributed by atoms with Crippen molar-refractivity contribution in [3.05, 3.63) is 43.6 Å². The molecule has 0 aliphatic carbocycles. The molecule has 0 spiro atoms. The summed E-state index contributed by atoms with van der Waals surface area (Å²) in [6.07, 6.45) is 0. The Morgan fingerprint density at radius 2 is 1.86 bits per heavy atom. The van der Waals surface area contributed by atoms with E-state index in [1.165, 1.54) is 18.2 Å². The zero-order valence-corrected chi connectivity index (χ0v) is 12.1. The van der Waals surface area contributed by atoms with Crippen LogP contribution < -0.4 is 5.32 Å². The Labute approximate surface area is 131 Å². The fourth-order valence-corrected chi connectivity index (χ4v) is 1.89. The Morgan fingerprint density at radius 1 is 1.27 bits per heavy atom. The molecule has 0 amide bonds. The second-order valence-corrected chi connectivity index (χ2v) is 4.54. The molecule has 0 radical (unpaired) electrons. The summed E-state index contributed by atoms with van der Waals surface area (Å²) in [5, 5.41) is 48.8. The quantitative estimate of drug-likeness (QED) is 0.468. The van der Waals surface area contributed by atoms with E-state index in [4.69, 9.17) is 20.9 Å². The van der Waals surface area contributed by atoms with E-state index in [9.17, 15) is 14.9 Å². The summed E-state index contributed by atoms with van der Waals surface area (Å²) in [5.41, 5.74) is -2.84. The molecule has 0 aliphatic rings. The summed E-state index contributed by atoms with van der Waals surface area (Å²) >= 11 is 2.95. The molecule has 1 rings (SSSR count). The summed E-state index contributed by atoms with van der Waals surface area (Å²) in [6.45, 7) is 0. The molecule has 0 bridgehead atoms. The molecule has 0 fully saturated rings. The van der Waals surface area contributed by atoms with E-state index in [1.54, 1.807) is 0 Å². The zero-order valence-electron chi connectivity index (χ0n) is 10.5. The SMILES string of the molecule is N#CC(C#N)=C(C#N)Nc1c(C(=O)O)cc(Br)cc1[N+](=O)[O-]. The molecule has 0 heterocycles. The molecule has 0 unspecified atom stereocenters. The van der Waals surface area contributed by atoms with Crippen LogP contribution in [0.15, 0.2) is 27.9 Å². The monoisotopic (exact) mass is 361 g/mol. The van der Waals surface area contributed by atoms with Gasteiger partial charge in [-0.3, -0.25) is 10.1 Å². The lowest BCUT2D eigenvalue weighted by atomic mass is 10.1. The van der Waals surface area contributed by atoms with Gasteiger partial charge in [-0.1, -0.05) is 15.9 Å². The van der Waals surface area contributed by atoms with Crippen molar-refractivity contribution >= 4 is 33.3 Å². The summed E-state index contributed by atoms with van der Waals surface area (Å²) < 4.78 is 0.144. The Bertz CT molecular complexity index is 774. The third-order valence-corrected chi connectivity index (χ3v) is 2.80. The number of hydrogen-bond acceptors (Lipinski definition) is 7. The van der Waals surface area contributed by atoms with Crippen LogP contribution in [0.2, 0.25) is 0 Å². The number of carboxylic acid groups (broad SMARTS) is 1. The molecule has 1 aromatic rings. The second kappa shape index (κ2) is 6.84. The number of carbonyl (C=O) groups is 1. The van der Waals surface area contributed by atoms with Crippen molar-refractivity contribution in [3.63, 3.8) is 0 Å². The number of nitrogens with one attached hydrogen (secondary N) is 1. The van der Waals surface area contributed by atoms with Crippen LogP contribution in [0.25, 0.3) is 0 Å². The fraction of sp³-hybridized carbons (Fsp3) is 0. The lowest BCUT2D eigenvalue weighted by Gasteiger charge is -2.09. The van der Waals surface area contributed by atoms with Gasteiger partial charge in [0.2, 0.25) is 0 Å². The first-order chi connectivity index (χ1) is 10.3. The maximum absolute atomic E-state index is 11.2. The summed E-state index contributed by atoms with van der Waals surface area (Å²) in [6, 6.07) is 6.49. The smallest absolute Gasteiger partial charge is 0.338 e. The molecule has 9 nitrogen and oxygen atoms in total. The lowest BCUT2D eigenvalue weighted by molar-refractivity contribution is -0.384. The van der Waals surface area contributed by atoms with Crippen LogP contribution in [-0.2, 0) is 0 Å². The molecule has 2 N–H and O–H groups in total. The second-order valence-electron chi connectivity index (χ2n) is 3.62. The first kappa shape index (κ1) is 16.6. The number of benzene rings is 1. The molecule has 0 aliphatic heterocycles. The molecule has 108 valence electrons. The average molecular weight is 362 g/mol. The Morgan fingerprint density at radius 3 is 2.27 bits per heavy atom. The van der Waals surface area contributed by atoms with Crippen LogP contribution in [-0.4, -0.2) is 16.0 Å². The van der Waals surface area contributed by atoms with Gasteiger partial charge in [-0.15, -0.1) is 0 Å². The Kier molecular flexibility index (Phi) is 5.17. The van der Waals surface area contributed by atoms with Gasteiger partial charge in [-0.25, -0.2) is 4.79 Å². The van der Waals surface area contributed by atoms with E-state index in [0.29, 0.717) is 0 Å². The van der Waals surface area contributed by atoms with E-state index in [1.807, 2.05) is 0 Å². The van der Waals surface area contributed by atoms with Gasteiger partial charge in [0.25, 0.3) is 5.69 Å². The molecular formula is C12H4BrN5O4. The lowest BCUT2D eigenvalue weighted by Crippen LogP contribution is -2.10. The summed E-state index contributed by atoms with van der Waals surface area (Å²) in [7, 11) is 0. The van der Waals surface area contributed by atoms with Gasteiger partial charge in [-0.2, -0.15) is 15.8 Å². The van der Waals surface area contributed by atoms with Crippen LogP contribution >= 0.6 is 15.9 Å². The first-order valence-corrected chi connectivity index (χ1v) is 6.07. The van der Waals surface area contributed by atoms with Gasteiger partial charge < -0.3 is 10.4 Å². The van der Waals surface area contributed by atoms with E-state index in [2.05, 4.69) is 21.2 Å². The van der Waals surface area contributed by atoms with Crippen LogP contribution in [0.1, 0.15) is 10.4 Å². The standard InChI is InChI=1S/C12H4BrN5O4/c13-7-1-8(12(19)20)11(10(2-7)18(21)22)17-9(5-16)6(3-14)4-15/h1-2,17H,(H,19,20). The predicted molar refractivity (Wildman–Crippen MR) is 75.2 cm³/mol. The number of carboxylic acids is 1. The summed E-state index contributed by atoms with van der Waals surface area (Å²) in [5.74, 6) is -1.49. The minimum absolute atomic E-state index is 0.144. The van der Waals surface area contributed by atoms with Crippen molar-refractivity contribution in [2.75, 3.05) is 5.32 Å².